The Bertz CT molecular complexity index is 1180. The predicted octanol–water partition coefficient (Wildman–Crippen LogP) is 7.84. The van der Waals surface area contributed by atoms with Crippen LogP contribution in [0, 0.1) is 5.92 Å². The fourth-order valence-corrected chi connectivity index (χ4v) is 7.20. The quantitative estimate of drug-likeness (QED) is 0.263. The molecule has 2 heteroatoms. The van der Waals surface area contributed by atoms with E-state index in [0.717, 1.165) is 6.42 Å². The largest absolute Gasteiger partial charge is 0.365 e. The van der Waals surface area contributed by atoms with Crippen molar-refractivity contribution in [2.75, 3.05) is 14.1 Å². The average Bonchev–Trinajstić information content (AvgIpc) is 2.97. The molecule has 37 heavy (non-hydrogen) atoms. The molecule has 2 bridgehead atoms. The van der Waals surface area contributed by atoms with E-state index in [4.69, 9.17) is 4.74 Å². The third-order valence-electron chi connectivity index (χ3n) is 9.06. The highest BCUT2D eigenvalue weighted by molar-refractivity contribution is 5.34. The van der Waals surface area contributed by atoms with Gasteiger partial charge in [0, 0.05) is 5.54 Å². The molecular formula is C35H37NO. The van der Waals surface area contributed by atoms with Gasteiger partial charge >= 0.3 is 0 Å². The lowest BCUT2D eigenvalue weighted by Crippen LogP contribution is -2.61. The van der Waals surface area contributed by atoms with Crippen molar-refractivity contribution in [1.82, 2.24) is 4.90 Å². The lowest BCUT2D eigenvalue weighted by Gasteiger charge is -2.61. The number of benzene rings is 4. The molecule has 4 aromatic rings. The van der Waals surface area contributed by atoms with Gasteiger partial charge in [-0.15, -0.1) is 0 Å². The number of hydrogen-bond acceptors (Lipinski definition) is 2. The summed E-state index contributed by atoms with van der Waals surface area (Å²) in [7, 11) is 4.55. The maximum absolute atomic E-state index is 7.35. The number of nitrogens with zero attached hydrogens (tertiary/aromatic N) is 1. The Morgan fingerprint density at radius 1 is 0.595 bits per heavy atom. The Balaban J connectivity index is 1.46. The molecule has 0 radical (unpaired) electrons. The summed E-state index contributed by atoms with van der Waals surface area (Å²) in [5.74, 6) is 1.32. The predicted molar refractivity (Wildman–Crippen MR) is 152 cm³/mol. The van der Waals surface area contributed by atoms with Crippen LogP contribution in [0.25, 0.3) is 0 Å². The zero-order chi connectivity index (χ0) is 25.2. The molecule has 3 atom stereocenters. The molecule has 0 aliphatic heterocycles. The van der Waals surface area contributed by atoms with Gasteiger partial charge in [-0.2, -0.15) is 0 Å². The fraction of sp³-hybridized carbons (Fsp3) is 0.314. The highest BCUT2D eigenvalue weighted by Gasteiger charge is 2.57. The van der Waals surface area contributed by atoms with Crippen molar-refractivity contribution in [2.45, 2.75) is 48.8 Å². The smallest absolute Gasteiger partial charge is 0.108 e. The van der Waals surface area contributed by atoms with Crippen LogP contribution in [-0.4, -0.2) is 30.6 Å². The number of ether oxygens (including phenoxy) is 1. The third kappa shape index (κ3) is 4.65. The minimum Gasteiger partial charge on any atom is -0.365 e. The van der Waals surface area contributed by atoms with Crippen molar-refractivity contribution in [1.29, 1.82) is 0 Å². The molecule has 2 nitrogen and oxygen atoms in total. The van der Waals surface area contributed by atoms with Gasteiger partial charge in [-0.1, -0.05) is 121 Å². The van der Waals surface area contributed by atoms with Crippen molar-refractivity contribution in [3.05, 3.63) is 144 Å². The summed E-state index contributed by atoms with van der Waals surface area (Å²) in [5.41, 5.74) is 5.44. The summed E-state index contributed by atoms with van der Waals surface area (Å²) in [6.07, 6.45) is 3.48. The third-order valence-corrected chi connectivity index (χ3v) is 9.06. The summed E-state index contributed by atoms with van der Waals surface area (Å²) in [4.78, 5) is 2.50. The van der Waals surface area contributed by atoms with E-state index in [0.29, 0.717) is 17.8 Å². The van der Waals surface area contributed by atoms with Gasteiger partial charge in [0.15, 0.2) is 0 Å². The molecule has 0 heterocycles. The van der Waals surface area contributed by atoms with E-state index >= 15 is 0 Å². The summed E-state index contributed by atoms with van der Waals surface area (Å²) < 4.78 is 7.35. The summed E-state index contributed by atoms with van der Waals surface area (Å²) in [6.45, 7) is 0. The summed E-state index contributed by atoms with van der Waals surface area (Å²) >= 11 is 0. The zero-order valence-corrected chi connectivity index (χ0v) is 21.9. The Morgan fingerprint density at radius 2 is 1.00 bits per heavy atom. The molecule has 0 saturated heterocycles. The van der Waals surface area contributed by atoms with Crippen molar-refractivity contribution >= 4 is 0 Å². The highest BCUT2D eigenvalue weighted by Crippen LogP contribution is 2.60. The van der Waals surface area contributed by atoms with E-state index in [1.807, 2.05) is 0 Å². The summed E-state index contributed by atoms with van der Waals surface area (Å²) in [5, 5.41) is 0. The van der Waals surface area contributed by atoms with Gasteiger partial charge in [0.05, 0.1) is 6.10 Å². The second-order valence-corrected chi connectivity index (χ2v) is 11.2. The van der Waals surface area contributed by atoms with Crippen LogP contribution in [0.3, 0.4) is 0 Å². The first kappa shape index (κ1) is 24.2. The van der Waals surface area contributed by atoms with Crippen LogP contribution in [0.2, 0.25) is 0 Å². The van der Waals surface area contributed by atoms with Crippen molar-refractivity contribution in [3.63, 3.8) is 0 Å². The standard InChI is InChI=1S/C35H37NO/c1-36(2)35-23-30(26-15-7-3-8-16-26)33(31(24-35)27-17-9-4-10-18-27)32(25-35)37-34(28-19-11-5-12-20-28)29-21-13-6-14-22-29/h3-22,30-34H,23-25H2,1-2H3/t30-,31-,32+,33?,35?/m0/s1. The molecular weight excluding hydrogens is 450 g/mol. The Morgan fingerprint density at radius 3 is 1.41 bits per heavy atom. The van der Waals surface area contributed by atoms with E-state index in [1.165, 1.54) is 35.1 Å². The van der Waals surface area contributed by atoms with Gasteiger partial charge in [-0.25, -0.2) is 0 Å². The van der Waals surface area contributed by atoms with Crippen LogP contribution < -0.4 is 0 Å². The van der Waals surface area contributed by atoms with Gasteiger partial charge < -0.3 is 9.64 Å². The van der Waals surface area contributed by atoms with Crippen molar-refractivity contribution in [3.8, 4) is 0 Å². The Hall–Kier alpha value is -3.20. The fourth-order valence-electron chi connectivity index (χ4n) is 7.20. The number of hydrogen-bond donors (Lipinski definition) is 0. The first-order valence-corrected chi connectivity index (χ1v) is 13.7. The van der Waals surface area contributed by atoms with Crippen molar-refractivity contribution < 1.29 is 4.74 Å². The first-order valence-electron chi connectivity index (χ1n) is 13.7. The highest BCUT2D eigenvalue weighted by atomic mass is 16.5. The maximum Gasteiger partial charge on any atom is 0.108 e. The molecule has 3 aliphatic rings. The molecule has 188 valence electrons. The second-order valence-electron chi connectivity index (χ2n) is 11.2. The normalized spacial score (nSPS) is 27.0. The Labute approximate surface area is 221 Å². The SMILES string of the molecule is CN(C)C12C[C@@H](OC(c3ccccc3)c3ccccc3)C([C@H](c3ccccc3)C1)[C@H](c1ccccc1)C2. The molecule has 0 aromatic heterocycles. The van der Waals surface area contributed by atoms with E-state index in [1.54, 1.807) is 0 Å². The van der Waals surface area contributed by atoms with Gasteiger partial charge in [0.2, 0.25) is 0 Å². The minimum absolute atomic E-state index is 0.0844. The zero-order valence-electron chi connectivity index (χ0n) is 21.9. The second kappa shape index (κ2) is 10.3. The van der Waals surface area contributed by atoms with E-state index in [-0.39, 0.29) is 17.7 Å². The number of fused-ring (bicyclic) bond motifs is 3. The monoisotopic (exact) mass is 487 g/mol. The lowest BCUT2D eigenvalue weighted by atomic mass is 9.51. The average molecular weight is 488 g/mol. The van der Waals surface area contributed by atoms with Crippen LogP contribution in [0.5, 0.6) is 0 Å². The van der Waals surface area contributed by atoms with E-state index in [9.17, 15) is 0 Å². The topological polar surface area (TPSA) is 12.5 Å². The molecule has 3 aliphatic carbocycles. The Kier molecular flexibility index (Phi) is 6.71. The van der Waals surface area contributed by atoms with Gasteiger partial charge in [-0.05, 0) is 73.4 Å². The van der Waals surface area contributed by atoms with Crippen LogP contribution in [0.1, 0.15) is 59.5 Å². The minimum atomic E-state index is -0.0844. The molecule has 3 saturated carbocycles. The maximum atomic E-state index is 7.35. The summed E-state index contributed by atoms with van der Waals surface area (Å²) in [6, 6.07) is 43.9. The van der Waals surface area contributed by atoms with Gasteiger partial charge in [-0.3, -0.25) is 0 Å². The molecule has 0 unspecified atom stereocenters. The van der Waals surface area contributed by atoms with Crippen LogP contribution in [0.4, 0.5) is 0 Å². The van der Waals surface area contributed by atoms with Crippen LogP contribution >= 0.6 is 0 Å². The first-order chi connectivity index (χ1) is 18.1. The lowest BCUT2D eigenvalue weighted by molar-refractivity contribution is -0.136. The van der Waals surface area contributed by atoms with Crippen LogP contribution in [0.15, 0.2) is 121 Å². The molecule has 4 aromatic carbocycles. The molecule has 0 spiro atoms. The van der Waals surface area contributed by atoms with Gasteiger partial charge in [0.1, 0.15) is 6.10 Å². The van der Waals surface area contributed by atoms with E-state index in [2.05, 4.69) is 140 Å². The van der Waals surface area contributed by atoms with E-state index < -0.39 is 0 Å². The van der Waals surface area contributed by atoms with Crippen LogP contribution in [-0.2, 0) is 4.74 Å². The number of rotatable bonds is 7. The van der Waals surface area contributed by atoms with Crippen molar-refractivity contribution in [2.24, 2.45) is 5.92 Å². The molecule has 0 N–H and O–H groups in total. The molecule has 7 rings (SSSR count). The molecule has 3 fully saturated rings. The van der Waals surface area contributed by atoms with Gasteiger partial charge in [0.25, 0.3) is 0 Å². The molecule has 0 amide bonds.